The molecule has 1 atom stereocenters. The molecule has 0 aromatic carbocycles. The van der Waals surface area contributed by atoms with Gasteiger partial charge in [-0.1, -0.05) is 6.92 Å². The molecule has 0 aliphatic carbocycles. The molecule has 0 unspecified atom stereocenters. The molecule has 0 spiro atoms. The summed E-state index contributed by atoms with van der Waals surface area (Å²) in [5.74, 6) is 0.585. The quantitative estimate of drug-likeness (QED) is 0.695. The Morgan fingerprint density at radius 1 is 1.58 bits per heavy atom. The summed E-state index contributed by atoms with van der Waals surface area (Å²) < 4.78 is 0. The number of aryl methyl sites for hydroxylation is 1. The van der Waals surface area contributed by atoms with Gasteiger partial charge < -0.3 is 11.5 Å². The Kier molecular flexibility index (Phi) is 2.65. The molecule has 1 heterocycles. The second kappa shape index (κ2) is 3.54. The van der Waals surface area contributed by atoms with E-state index in [-0.39, 0.29) is 6.04 Å². The SMILES string of the molecule is CC[C@H](N)c1cnc(N)c(C)c1. The Bertz CT molecular complexity index is 270. The third-order valence-electron chi connectivity index (χ3n) is 2.01. The number of rotatable bonds is 2. The molecule has 12 heavy (non-hydrogen) atoms. The van der Waals surface area contributed by atoms with Crippen LogP contribution in [-0.2, 0) is 0 Å². The minimum Gasteiger partial charge on any atom is -0.383 e. The Labute approximate surface area is 72.8 Å². The highest BCUT2D eigenvalue weighted by molar-refractivity contribution is 5.40. The smallest absolute Gasteiger partial charge is 0.126 e. The lowest BCUT2D eigenvalue weighted by Crippen LogP contribution is -2.09. The molecule has 0 fully saturated rings. The highest BCUT2D eigenvalue weighted by Crippen LogP contribution is 2.16. The lowest BCUT2D eigenvalue weighted by molar-refractivity contribution is 0.695. The number of nitrogens with zero attached hydrogens (tertiary/aromatic N) is 1. The number of anilines is 1. The number of aromatic nitrogens is 1. The van der Waals surface area contributed by atoms with Crippen molar-refractivity contribution >= 4 is 5.82 Å². The van der Waals surface area contributed by atoms with Gasteiger partial charge in [0.2, 0.25) is 0 Å². The fraction of sp³-hybridized carbons (Fsp3) is 0.444. The highest BCUT2D eigenvalue weighted by atomic mass is 14.8. The van der Waals surface area contributed by atoms with Gasteiger partial charge in [0.25, 0.3) is 0 Å². The summed E-state index contributed by atoms with van der Waals surface area (Å²) in [6, 6.07) is 2.08. The van der Waals surface area contributed by atoms with Crippen molar-refractivity contribution in [1.82, 2.24) is 4.98 Å². The third kappa shape index (κ3) is 1.74. The van der Waals surface area contributed by atoms with Crippen molar-refractivity contribution in [2.75, 3.05) is 5.73 Å². The number of hydrogen-bond acceptors (Lipinski definition) is 3. The van der Waals surface area contributed by atoms with Crippen molar-refractivity contribution in [1.29, 1.82) is 0 Å². The summed E-state index contributed by atoms with van der Waals surface area (Å²) in [6.45, 7) is 3.99. The van der Waals surface area contributed by atoms with Crippen LogP contribution in [0.3, 0.4) is 0 Å². The molecular weight excluding hydrogens is 150 g/mol. The van der Waals surface area contributed by atoms with Crippen molar-refractivity contribution in [2.45, 2.75) is 26.3 Å². The molecule has 1 rings (SSSR count). The van der Waals surface area contributed by atoms with E-state index in [9.17, 15) is 0 Å². The fourth-order valence-electron chi connectivity index (χ4n) is 1.05. The second-order valence-corrected chi connectivity index (χ2v) is 2.99. The van der Waals surface area contributed by atoms with E-state index in [1.165, 1.54) is 0 Å². The Hall–Kier alpha value is -1.09. The van der Waals surface area contributed by atoms with Crippen molar-refractivity contribution in [3.05, 3.63) is 23.4 Å². The molecular formula is C9H15N3. The molecule has 0 aliphatic rings. The first kappa shape index (κ1) is 9.00. The Morgan fingerprint density at radius 2 is 2.25 bits per heavy atom. The van der Waals surface area contributed by atoms with Crippen LogP contribution in [0.4, 0.5) is 5.82 Å². The third-order valence-corrected chi connectivity index (χ3v) is 2.01. The van der Waals surface area contributed by atoms with Gasteiger partial charge in [-0.2, -0.15) is 0 Å². The molecule has 0 amide bonds. The Morgan fingerprint density at radius 3 is 2.75 bits per heavy atom. The van der Waals surface area contributed by atoms with Gasteiger partial charge in [-0.25, -0.2) is 4.98 Å². The van der Waals surface area contributed by atoms with Gasteiger partial charge in [0.05, 0.1) is 0 Å². The summed E-state index contributed by atoms with van der Waals surface area (Å²) in [7, 11) is 0. The lowest BCUT2D eigenvalue weighted by atomic mass is 10.1. The predicted molar refractivity (Wildman–Crippen MR) is 50.6 cm³/mol. The maximum atomic E-state index is 5.83. The van der Waals surface area contributed by atoms with Crippen LogP contribution in [0.25, 0.3) is 0 Å². The van der Waals surface area contributed by atoms with Crippen LogP contribution in [0, 0.1) is 6.92 Å². The summed E-state index contributed by atoms with van der Waals surface area (Å²) in [5.41, 5.74) is 13.5. The lowest BCUT2D eigenvalue weighted by Gasteiger charge is -2.09. The van der Waals surface area contributed by atoms with Crippen LogP contribution in [0.1, 0.15) is 30.5 Å². The average Bonchev–Trinajstić information content (AvgIpc) is 2.08. The zero-order valence-electron chi connectivity index (χ0n) is 7.54. The van der Waals surface area contributed by atoms with Gasteiger partial charge in [0.1, 0.15) is 5.82 Å². The van der Waals surface area contributed by atoms with E-state index in [1.807, 2.05) is 13.0 Å². The van der Waals surface area contributed by atoms with Crippen LogP contribution in [0.2, 0.25) is 0 Å². The van der Waals surface area contributed by atoms with E-state index >= 15 is 0 Å². The van der Waals surface area contributed by atoms with E-state index < -0.39 is 0 Å². The van der Waals surface area contributed by atoms with Crippen LogP contribution < -0.4 is 11.5 Å². The largest absolute Gasteiger partial charge is 0.383 e. The first-order chi connectivity index (χ1) is 5.65. The number of pyridine rings is 1. The van der Waals surface area contributed by atoms with E-state index in [0.717, 1.165) is 17.5 Å². The minimum absolute atomic E-state index is 0.0804. The summed E-state index contributed by atoms with van der Waals surface area (Å²) in [5, 5.41) is 0. The van der Waals surface area contributed by atoms with E-state index in [1.54, 1.807) is 6.20 Å². The number of hydrogen-bond donors (Lipinski definition) is 2. The molecule has 0 aliphatic heterocycles. The summed E-state index contributed by atoms with van der Waals surface area (Å²) in [4.78, 5) is 4.05. The predicted octanol–water partition coefficient (Wildman–Crippen LogP) is 1.38. The van der Waals surface area contributed by atoms with Gasteiger partial charge in [-0.15, -0.1) is 0 Å². The fourth-order valence-corrected chi connectivity index (χ4v) is 1.05. The van der Waals surface area contributed by atoms with E-state index in [4.69, 9.17) is 11.5 Å². The number of nitrogens with two attached hydrogens (primary N) is 2. The summed E-state index contributed by atoms with van der Waals surface area (Å²) in [6.07, 6.45) is 2.67. The normalized spacial score (nSPS) is 12.9. The zero-order valence-corrected chi connectivity index (χ0v) is 7.54. The molecule has 0 bridgehead atoms. The molecule has 66 valence electrons. The monoisotopic (exact) mass is 165 g/mol. The molecule has 0 saturated carbocycles. The van der Waals surface area contributed by atoms with Crippen LogP contribution >= 0.6 is 0 Å². The first-order valence-corrected chi connectivity index (χ1v) is 4.12. The molecule has 3 nitrogen and oxygen atoms in total. The maximum Gasteiger partial charge on any atom is 0.126 e. The van der Waals surface area contributed by atoms with Gasteiger partial charge in [-0.3, -0.25) is 0 Å². The van der Waals surface area contributed by atoms with Crippen molar-refractivity contribution < 1.29 is 0 Å². The topological polar surface area (TPSA) is 64.9 Å². The summed E-state index contributed by atoms with van der Waals surface area (Å²) >= 11 is 0. The second-order valence-electron chi connectivity index (χ2n) is 2.99. The standard InChI is InChI=1S/C9H15N3/c1-3-8(10)7-4-6(2)9(11)12-5-7/h4-5,8H,3,10H2,1-2H3,(H2,11,12)/t8-/m0/s1. The highest BCUT2D eigenvalue weighted by Gasteiger charge is 2.04. The van der Waals surface area contributed by atoms with Gasteiger partial charge in [0, 0.05) is 12.2 Å². The van der Waals surface area contributed by atoms with E-state index in [0.29, 0.717) is 5.82 Å². The molecule has 1 aromatic rings. The van der Waals surface area contributed by atoms with E-state index in [2.05, 4.69) is 11.9 Å². The molecule has 3 heteroatoms. The van der Waals surface area contributed by atoms with Crippen LogP contribution in [0.5, 0.6) is 0 Å². The molecule has 0 saturated heterocycles. The Balaban J connectivity index is 2.96. The van der Waals surface area contributed by atoms with Crippen molar-refractivity contribution in [3.63, 3.8) is 0 Å². The van der Waals surface area contributed by atoms with Gasteiger partial charge >= 0.3 is 0 Å². The maximum absolute atomic E-state index is 5.83. The molecule has 0 radical (unpaired) electrons. The first-order valence-electron chi connectivity index (χ1n) is 4.12. The minimum atomic E-state index is 0.0804. The number of nitrogen functional groups attached to an aromatic ring is 1. The average molecular weight is 165 g/mol. The van der Waals surface area contributed by atoms with Crippen LogP contribution in [0.15, 0.2) is 12.3 Å². The van der Waals surface area contributed by atoms with Crippen LogP contribution in [-0.4, -0.2) is 4.98 Å². The molecule has 4 N–H and O–H groups in total. The van der Waals surface area contributed by atoms with Gasteiger partial charge in [-0.05, 0) is 30.5 Å². The zero-order chi connectivity index (χ0) is 9.14. The van der Waals surface area contributed by atoms with Gasteiger partial charge in [0.15, 0.2) is 0 Å². The van der Waals surface area contributed by atoms with Crippen molar-refractivity contribution in [2.24, 2.45) is 5.73 Å². The van der Waals surface area contributed by atoms with Crippen molar-refractivity contribution in [3.8, 4) is 0 Å². The molecule has 1 aromatic heterocycles.